The lowest BCUT2D eigenvalue weighted by atomic mass is 10.0. The molecule has 126 valence electrons. The summed E-state index contributed by atoms with van der Waals surface area (Å²) >= 11 is 0. The fraction of sp³-hybridized carbons (Fsp3) is 0.400. The van der Waals surface area contributed by atoms with E-state index in [0.717, 1.165) is 18.2 Å². The van der Waals surface area contributed by atoms with Gasteiger partial charge in [0, 0.05) is 0 Å². The molecule has 8 heteroatoms. The number of hydrogen-bond donors (Lipinski definition) is 2. The number of halogens is 2. The number of ether oxygens (including phenoxy) is 1. The molecular formula is C15H17F2NO5. The topological polar surface area (TPSA) is 92.7 Å². The molecular weight excluding hydrogens is 312 g/mol. The number of aliphatic carboxylic acids is 1. The Bertz CT molecular complexity index is 606. The van der Waals surface area contributed by atoms with E-state index >= 15 is 0 Å². The predicted octanol–water partition coefficient (Wildman–Crippen LogP) is 1.74. The van der Waals surface area contributed by atoms with E-state index in [4.69, 9.17) is 9.84 Å². The summed E-state index contributed by atoms with van der Waals surface area (Å²) in [7, 11) is 0. The van der Waals surface area contributed by atoms with Gasteiger partial charge in [-0.05, 0) is 25.5 Å². The third kappa shape index (κ3) is 5.01. The molecule has 1 amide bonds. The summed E-state index contributed by atoms with van der Waals surface area (Å²) in [6.45, 7) is 3.19. The van der Waals surface area contributed by atoms with Crippen LogP contribution in [0.15, 0.2) is 18.2 Å². The predicted molar refractivity (Wildman–Crippen MR) is 75.7 cm³/mol. The highest BCUT2D eigenvalue weighted by atomic mass is 19.2. The molecule has 0 saturated carbocycles. The van der Waals surface area contributed by atoms with Crippen LogP contribution in [0.1, 0.15) is 30.6 Å². The number of amides is 1. The molecule has 0 aliphatic carbocycles. The zero-order chi connectivity index (χ0) is 17.6. The van der Waals surface area contributed by atoms with Crippen molar-refractivity contribution in [3.63, 3.8) is 0 Å². The van der Waals surface area contributed by atoms with Crippen LogP contribution in [-0.2, 0) is 14.3 Å². The molecule has 0 spiro atoms. The van der Waals surface area contributed by atoms with Crippen LogP contribution in [0, 0.1) is 17.6 Å². The monoisotopic (exact) mass is 329 g/mol. The first-order valence-corrected chi connectivity index (χ1v) is 6.92. The summed E-state index contributed by atoms with van der Waals surface area (Å²) in [5, 5.41) is 11.2. The average Bonchev–Trinajstić information content (AvgIpc) is 2.49. The number of benzene rings is 1. The van der Waals surface area contributed by atoms with Crippen molar-refractivity contribution in [1.29, 1.82) is 0 Å². The van der Waals surface area contributed by atoms with Crippen LogP contribution in [-0.4, -0.2) is 35.6 Å². The summed E-state index contributed by atoms with van der Waals surface area (Å²) in [6, 6.07) is 1.56. The number of esters is 1. The number of carbonyl (C=O) groups is 3. The molecule has 0 radical (unpaired) electrons. The number of carboxylic acids is 1. The summed E-state index contributed by atoms with van der Waals surface area (Å²) in [5.41, 5.74) is -0.611. The smallest absolute Gasteiger partial charge is 0.326 e. The molecule has 0 heterocycles. The maximum atomic E-state index is 13.5. The lowest BCUT2D eigenvalue weighted by molar-refractivity contribution is -0.148. The van der Waals surface area contributed by atoms with E-state index in [1.54, 1.807) is 6.92 Å². The van der Waals surface area contributed by atoms with E-state index in [1.807, 2.05) is 0 Å². The molecule has 2 N–H and O–H groups in total. The normalized spacial score (nSPS) is 13.0. The van der Waals surface area contributed by atoms with Crippen LogP contribution in [0.25, 0.3) is 0 Å². The fourth-order valence-corrected chi connectivity index (χ4v) is 1.87. The van der Waals surface area contributed by atoms with Crippen LogP contribution >= 0.6 is 0 Å². The fourth-order valence-electron chi connectivity index (χ4n) is 1.87. The Labute approximate surface area is 131 Å². The second kappa shape index (κ2) is 8.21. The Morgan fingerprint density at radius 3 is 2.52 bits per heavy atom. The van der Waals surface area contributed by atoms with Crippen LogP contribution in [0.2, 0.25) is 0 Å². The number of nitrogens with one attached hydrogen (secondary N) is 1. The zero-order valence-corrected chi connectivity index (χ0v) is 12.6. The van der Waals surface area contributed by atoms with Gasteiger partial charge < -0.3 is 15.2 Å². The van der Waals surface area contributed by atoms with Gasteiger partial charge in [0.05, 0.1) is 18.1 Å². The molecule has 1 aromatic rings. The van der Waals surface area contributed by atoms with Crippen molar-refractivity contribution in [1.82, 2.24) is 5.32 Å². The summed E-state index contributed by atoms with van der Waals surface area (Å²) in [5.74, 6) is -6.45. The highest BCUT2D eigenvalue weighted by molar-refractivity contribution is 5.96. The number of hydrogen-bond acceptors (Lipinski definition) is 4. The average molecular weight is 329 g/mol. The van der Waals surface area contributed by atoms with Gasteiger partial charge in [-0.15, -0.1) is 0 Å². The molecule has 0 aliphatic rings. The minimum atomic E-state index is -1.44. The zero-order valence-electron chi connectivity index (χ0n) is 12.6. The van der Waals surface area contributed by atoms with Crippen LogP contribution < -0.4 is 5.32 Å². The molecule has 0 unspecified atom stereocenters. The molecule has 2 atom stereocenters. The quantitative estimate of drug-likeness (QED) is 0.743. The van der Waals surface area contributed by atoms with Gasteiger partial charge in [-0.3, -0.25) is 9.59 Å². The highest BCUT2D eigenvalue weighted by Crippen LogP contribution is 2.13. The lowest BCUT2D eigenvalue weighted by Crippen LogP contribution is -2.43. The SMILES string of the molecule is CCOC(=O)[C@H](C)C[C@@H](NC(=O)c1cccc(F)c1F)C(=O)O. The summed E-state index contributed by atoms with van der Waals surface area (Å²) in [4.78, 5) is 34.6. The van der Waals surface area contributed by atoms with Crippen LogP contribution in [0.4, 0.5) is 8.78 Å². The number of rotatable bonds is 7. The first-order valence-electron chi connectivity index (χ1n) is 6.92. The minimum absolute atomic E-state index is 0.141. The third-order valence-corrected chi connectivity index (χ3v) is 3.08. The Kier molecular flexibility index (Phi) is 6.62. The maximum absolute atomic E-state index is 13.5. The first-order chi connectivity index (χ1) is 10.8. The van der Waals surface area contributed by atoms with Crippen molar-refractivity contribution in [2.45, 2.75) is 26.3 Å². The lowest BCUT2D eigenvalue weighted by Gasteiger charge is -2.18. The Hall–Kier alpha value is -2.51. The van der Waals surface area contributed by atoms with Crippen molar-refractivity contribution < 1.29 is 33.0 Å². The Balaban J connectivity index is 2.84. The maximum Gasteiger partial charge on any atom is 0.326 e. The van der Waals surface area contributed by atoms with Gasteiger partial charge in [0.2, 0.25) is 0 Å². The van der Waals surface area contributed by atoms with E-state index in [0.29, 0.717) is 0 Å². The third-order valence-electron chi connectivity index (χ3n) is 3.08. The summed E-state index contributed by atoms with van der Waals surface area (Å²) < 4.78 is 31.4. The van der Waals surface area contributed by atoms with E-state index in [9.17, 15) is 23.2 Å². The van der Waals surface area contributed by atoms with Gasteiger partial charge >= 0.3 is 11.9 Å². The van der Waals surface area contributed by atoms with Crippen LogP contribution in [0.5, 0.6) is 0 Å². The highest BCUT2D eigenvalue weighted by Gasteiger charge is 2.28. The molecule has 23 heavy (non-hydrogen) atoms. The molecule has 1 aromatic carbocycles. The van der Waals surface area contributed by atoms with E-state index in [-0.39, 0.29) is 13.0 Å². The molecule has 6 nitrogen and oxygen atoms in total. The minimum Gasteiger partial charge on any atom is -0.480 e. The molecule has 1 rings (SSSR count). The number of carbonyl (C=O) groups excluding carboxylic acids is 2. The van der Waals surface area contributed by atoms with E-state index < -0.39 is 47.0 Å². The van der Waals surface area contributed by atoms with Gasteiger partial charge in [0.1, 0.15) is 6.04 Å². The molecule has 0 fully saturated rings. The second-order valence-electron chi connectivity index (χ2n) is 4.85. The molecule has 0 bridgehead atoms. The van der Waals surface area contributed by atoms with Crippen molar-refractivity contribution in [2.24, 2.45) is 5.92 Å². The van der Waals surface area contributed by atoms with Gasteiger partial charge in [-0.2, -0.15) is 0 Å². The second-order valence-corrected chi connectivity index (χ2v) is 4.85. The van der Waals surface area contributed by atoms with Crippen molar-refractivity contribution in [3.05, 3.63) is 35.4 Å². The first kappa shape index (κ1) is 18.5. The summed E-state index contributed by atoms with van der Waals surface area (Å²) in [6.07, 6.45) is -0.239. The van der Waals surface area contributed by atoms with Gasteiger partial charge in [0.15, 0.2) is 11.6 Å². The Morgan fingerprint density at radius 2 is 1.96 bits per heavy atom. The number of carboxylic acid groups (broad SMARTS) is 1. The molecule has 0 aromatic heterocycles. The van der Waals surface area contributed by atoms with Gasteiger partial charge in [-0.25, -0.2) is 13.6 Å². The van der Waals surface area contributed by atoms with E-state index in [2.05, 4.69) is 5.32 Å². The van der Waals surface area contributed by atoms with E-state index in [1.165, 1.54) is 6.92 Å². The van der Waals surface area contributed by atoms with Gasteiger partial charge in [0.25, 0.3) is 5.91 Å². The van der Waals surface area contributed by atoms with Crippen molar-refractivity contribution in [2.75, 3.05) is 6.61 Å². The van der Waals surface area contributed by atoms with Crippen molar-refractivity contribution >= 4 is 17.8 Å². The Morgan fingerprint density at radius 1 is 1.30 bits per heavy atom. The molecule has 0 aliphatic heterocycles. The standard InChI is InChI=1S/C15H17F2NO5/c1-3-23-15(22)8(2)7-11(14(20)21)18-13(19)9-5-4-6-10(16)12(9)17/h4-6,8,11H,3,7H2,1-2H3,(H,18,19)(H,20,21)/t8-,11-/m1/s1. The largest absolute Gasteiger partial charge is 0.480 e. The van der Waals surface area contributed by atoms with Crippen LogP contribution in [0.3, 0.4) is 0 Å². The van der Waals surface area contributed by atoms with Gasteiger partial charge in [-0.1, -0.05) is 13.0 Å². The molecule has 0 saturated heterocycles. The van der Waals surface area contributed by atoms with Crippen molar-refractivity contribution in [3.8, 4) is 0 Å².